The molecule has 2 aliphatic heterocycles. The summed E-state index contributed by atoms with van der Waals surface area (Å²) in [4.78, 5) is 14.9. The molecule has 0 bridgehead atoms. The molecule has 1 fully saturated rings. The minimum absolute atomic E-state index is 0.0697. The summed E-state index contributed by atoms with van der Waals surface area (Å²) >= 11 is 0. The average molecular weight is 289 g/mol. The van der Waals surface area contributed by atoms with Crippen LogP contribution >= 0.6 is 0 Å². The molecule has 0 aliphatic carbocycles. The molecule has 0 radical (unpaired) electrons. The molecule has 3 rings (SSSR count). The van der Waals surface area contributed by atoms with E-state index in [0.717, 1.165) is 37.8 Å². The van der Waals surface area contributed by atoms with E-state index in [0.29, 0.717) is 13.0 Å². The summed E-state index contributed by atoms with van der Waals surface area (Å²) in [6, 6.07) is 8.23. The second-order valence-electron chi connectivity index (χ2n) is 5.89. The van der Waals surface area contributed by atoms with E-state index in [-0.39, 0.29) is 18.6 Å². The van der Waals surface area contributed by atoms with E-state index in [9.17, 15) is 9.90 Å². The van der Waals surface area contributed by atoms with E-state index >= 15 is 0 Å². The van der Waals surface area contributed by atoms with E-state index in [1.165, 1.54) is 5.56 Å². The van der Waals surface area contributed by atoms with Crippen molar-refractivity contribution in [3.63, 3.8) is 0 Å². The van der Waals surface area contributed by atoms with Crippen LogP contribution < -0.4 is 0 Å². The molecule has 1 saturated heterocycles. The van der Waals surface area contributed by atoms with Crippen LogP contribution in [0.2, 0.25) is 0 Å². The molecular weight excluding hydrogens is 266 g/mol. The standard InChI is InChI=1S/C17H23NO3/c19-11-8-14-6-3-4-10-18(14)17(20)16-15-7-2-1-5-13(15)9-12-21-16/h1-2,5,7,14,16,19H,3-4,6,8-12H2. The van der Waals surface area contributed by atoms with Crippen LogP contribution in [0, 0.1) is 0 Å². The third-order valence-electron chi connectivity index (χ3n) is 4.59. The summed E-state index contributed by atoms with van der Waals surface area (Å²) < 4.78 is 5.79. The number of hydrogen-bond acceptors (Lipinski definition) is 3. The summed E-state index contributed by atoms with van der Waals surface area (Å²) in [5, 5.41) is 9.22. The predicted octanol–water partition coefficient (Wildman–Crippen LogP) is 2.06. The Morgan fingerprint density at radius 2 is 2.19 bits per heavy atom. The molecule has 0 saturated carbocycles. The van der Waals surface area contributed by atoms with Gasteiger partial charge in [-0.1, -0.05) is 24.3 Å². The van der Waals surface area contributed by atoms with Gasteiger partial charge in [-0.25, -0.2) is 0 Å². The summed E-state index contributed by atoms with van der Waals surface area (Å²) in [5.41, 5.74) is 2.24. The molecule has 2 heterocycles. The number of rotatable bonds is 3. The third kappa shape index (κ3) is 2.97. The van der Waals surface area contributed by atoms with E-state index in [1.54, 1.807) is 0 Å². The Morgan fingerprint density at radius 3 is 3.05 bits per heavy atom. The fourth-order valence-electron chi connectivity index (χ4n) is 3.49. The quantitative estimate of drug-likeness (QED) is 0.926. The van der Waals surface area contributed by atoms with Crippen molar-refractivity contribution in [2.24, 2.45) is 0 Å². The van der Waals surface area contributed by atoms with Crippen LogP contribution in [0.25, 0.3) is 0 Å². The van der Waals surface area contributed by atoms with Gasteiger partial charge >= 0.3 is 0 Å². The Hall–Kier alpha value is -1.39. The highest BCUT2D eigenvalue weighted by atomic mass is 16.5. The summed E-state index contributed by atoms with van der Waals surface area (Å²) in [7, 11) is 0. The van der Waals surface area contributed by atoms with Crippen molar-refractivity contribution in [1.82, 2.24) is 4.90 Å². The Labute approximate surface area is 125 Å². The van der Waals surface area contributed by atoms with Crippen molar-refractivity contribution < 1.29 is 14.6 Å². The number of ether oxygens (including phenoxy) is 1. The summed E-state index contributed by atoms with van der Waals surface area (Å²) in [6.07, 6.45) is 4.24. The zero-order chi connectivity index (χ0) is 14.7. The summed E-state index contributed by atoms with van der Waals surface area (Å²) in [5.74, 6) is 0.0697. The van der Waals surface area contributed by atoms with Crippen LogP contribution in [-0.2, 0) is 16.0 Å². The number of aliphatic hydroxyl groups is 1. The number of carbonyl (C=O) groups excluding carboxylic acids is 1. The number of nitrogens with zero attached hydrogens (tertiary/aromatic N) is 1. The zero-order valence-electron chi connectivity index (χ0n) is 12.3. The first-order chi connectivity index (χ1) is 10.3. The molecule has 2 aliphatic rings. The molecule has 114 valence electrons. The normalized spacial score (nSPS) is 25.5. The Bertz CT molecular complexity index is 501. The van der Waals surface area contributed by atoms with Gasteiger partial charge in [0.15, 0.2) is 6.10 Å². The minimum Gasteiger partial charge on any atom is -0.396 e. The van der Waals surface area contributed by atoms with Gasteiger partial charge in [0.2, 0.25) is 0 Å². The maximum Gasteiger partial charge on any atom is 0.256 e. The lowest BCUT2D eigenvalue weighted by molar-refractivity contribution is -0.149. The molecule has 21 heavy (non-hydrogen) atoms. The SMILES string of the molecule is O=C(C1OCCc2ccccc21)N1CCCCC1CCO. The van der Waals surface area contributed by atoms with E-state index < -0.39 is 6.10 Å². The number of amides is 1. The molecule has 0 spiro atoms. The van der Waals surface area contributed by atoms with Gasteiger partial charge in [-0.2, -0.15) is 0 Å². The van der Waals surface area contributed by atoms with E-state index in [2.05, 4.69) is 6.07 Å². The second kappa shape index (κ2) is 6.58. The van der Waals surface area contributed by atoms with Crippen LogP contribution in [-0.4, -0.2) is 41.7 Å². The van der Waals surface area contributed by atoms with Gasteiger partial charge in [-0.05, 0) is 43.2 Å². The zero-order valence-corrected chi connectivity index (χ0v) is 12.3. The first kappa shape index (κ1) is 14.5. The number of likely N-dealkylation sites (tertiary alicyclic amines) is 1. The topological polar surface area (TPSA) is 49.8 Å². The lowest BCUT2D eigenvalue weighted by Crippen LogP contribution is -2.47. The first-order valence-electron chi connectivity index (χ1n) is 7.92. The average Bonchev–Trinajstić information content (AvgIpc) is 2.54. The Morgan fingerprint density at radius 1 is 1.33 bits per heavy atom. The highest BCUT2D eigenvalue weighted by Gasteiger charge is 2.34. The highest BCUT2D eigenvalue weighted by Crippen LogP contribution is 2.31. The van der Waals surface area contributed by atoms with Crippen molar-refractivity contribution in [2.45, 2.75) is 44.2 Å². The van der Waals surface area contributed by atoms with Gasteiger partial charge < -0.3 is 14.7 Å². The summed E-state index contributed by atoms with van der Waals surface area (Å²) in [6.45, 7) is 1.52. The van der Waals surface area contributed by atoms with Crippen LogP contribution in [0.1, 0.15) is 42.9 Å². The molecule has 1 amide bonds. The molecule has 0 aromatic heterocycles. The molecule has 4 heteroatoms. The minimum atomic E-state index is -0.464. The second-order valence-corrected chi connectivity index (χ2v) is 5.89. The fourth-order valence-corrected chi connectivity index (χ4v) is 3.49. The van der Waals surface area contributed by atoms with Gasteiger partial charge in [0, 0.05) is 19.2 Å². The Balaban J connectivity index is 1.81. The largest absolute Gasteiger partial charge is 0.396 e. The number of fused-ring (bicyclic) bond motifs is 1. The lowest BCUT2D eigenvalue weighted by Gasteiger charge is -2.38. The van der Waals surface area contributed by atoms with E-state index in [1.807, 2.05) is 23.1 Å². The van der Waals surface area contributed by atoms with Gasteiger partial charge in [0.25, 0.3) is 5.91 Å². The molecule has 1 aromatic carbocycles. The highest BCUT2D eigenvalue weighted by molar-refractivity contribution is 5.83. The molecule has 4 nitrogen and oxygen atoms in total. The molecule has 2 unspecified atom stereocenters. The van der Waals surface area contributed by atoms with Crippen LogP contribution in [0.15, 0.2) is 24.3 Å². The molecular formula is C17H23NO3. The maximum absolute atomic E-state index is 12.9. The first-order valence-corrected chi connectivity index (χ1v) is 7.92. The number of benzene rings is 1. The van der Waals surface area contributed by atoms with Crippen LogP contribution in [0.3, 0.4) is 0 Å². The van der Waals surface area contributed by atoms with Crippen molar-refractivity contribution in [3.8, 4) is 0 Å². The van der Waals surface area contributed by atoms with Crippen molar-refractivity contribution in [3.05, 3.63) is 35.4 Å². The monoisotopic (exact) mass is 289 g/mol. The third-order valence-corrected chi connectivity index (χ3v) is 4.59. The van der Waals surface area contributed by atoms with Crippen LogP contribution in [0.4, 0.5) is 0 Å². The lowest BCUT2D eigenvalue weighted by atomic mass is 9.94. The molecule has 1 aromatic rings. The van der Waals surface area contributed by atoms with Crippen molar-refractivity contribution in [2.75, 3.05) is 19.8 Å². The van der Waals surface area contributed by atoms with Gasteiger partial charge in [0.1, 0.15) is 0 Å². The Kier molecular flexibility index (Phi) is 4.56. The number of carbonyl (C=O) groups is 1. The van der Waals surface area contributed by atoms with Gasteiger partial charge in [-0.3, -0.25) is 4.79 Å². The number of piperidine rings is 1. The van der Waals surface area contributed by atoms with Crippen molar-refractivity contribution >= 4 is 5.91 Å². The predicted molar refractivity (Wildman–Crippen MR) is 79.9 cm³/mol. The number of aliphatic hydroxyl groups excluding tert-OH is 1. The van der Waals surface area contributed by atoms with Gasteiger partial charge in [0.05, 0.1) is 6.61 Å². The van der Waals surface area contributed by atoms with Gasteiger partial charge in [-0.15, -0.1) is 0 Å². The van der Waals surface area contributed by atoms with Crippen LogP contribution in [0.5, 0.6) is 0 Å². The maximum atomic E-state index is 12.9. The van der Waals surface area contributed by atoms with Crippen molar-refractivity contribution in [1.29, 1.82) is 0 Å². The number of hydrogen-bond donors (Lipinski definition) is 1. The van der Waals surface area contributed by atoms with E-state index in [4.69, 9.17) is 4.74 Å². The smallest absolute Gasteiger partial charge is 0.256 e. The molecule has 1 N–H and O–H groups in total. The molecule has 2 atom stereocenters. The fraction of sp³-hybridized carbons (Fsp3) is 0.588.